The van der Waals surface area contributed by atoms with Gasteiger partial charge in [0.1, 0.15) is 16.5 Å². The molecule has 0 radical (unpaired) electrons. The van der Waals surface area contributed by atoms with E-state index in [9.17, 15) is 30.8 Å². The number of sulfonamides is 1. The summed E-state index contributed by atoms with van der Waals surface area (Å²) in [6.07, 6.45) is -5.11. The van der Waals surface area contributed by atoms with Gasteiger partial charge in [-0.05, 0) is 30.3 Å². The molecule has 2 aromatic carbocycles. The molecule has 140 valence electrons. The van der Waals surface area contributed by atoms with E-state index in [4.69, 9.17) is 0 Å². The Morgan fingerprint density at radius 1 is 1.12 bits per heavy atom. The molecule has 0 bridgehead atoms. The number of para-hydroxylation sites is 1. The number of halogens is 4. The Balaban J connectivity index is 2.47. The molecule has 0 saturated heterocycles. The van der Waals surface area contributed by atoms with Crippen molar-refractivity contribution in [3.63, 3.8) is 0 Å². The van der Waals surface area contributed by atoms with Gasteiger partial charge in [0, 0.05) is 0 Å². The van der Waals surface area contributed by atoms with Crippen LogP contribution in [0.4, 0.5) is 23.2 Å². The van der Waals surface area contributed by atoms with Crippen molar-refractivity contribution in [1.29, 1.82) is 0 Å². The number of carbonyl (C=O) groups excluding carboxylic acids is 1. The normalized spacial score (nSPS) is 11.7. The third-order valence-electron chi connectivity index (χ3n) is 3.00. The van der Waals surface area contributed by atoms with Crippen LogP contribution in [0.25, 0.3) is 0 Å². The molecule has 0 spiro atoms. The Bertz CT molecular complexity index is 928. The second kappa shape index (κ2) is 7.20. The number of ether oxygens (including phenoxy) is 2. The van der Waals surface area contributed by atoms with Crippen LogP contribution in [-0.2, 0) is 14.8 Å². The van der Waals surface area contributed by atoms with E-state index in [2.05, 4.69) is 9.47 Å². The smallest absolute Gasteiger partial charge is 0.465 e. The van der Waals surface area contributed by atoms with Gasteiger partial charge in [-0.1, -0.05) is 12.1 Å². The van der Waals surface area contributed by atoms with Crippen molar-refractivity contribution >= 4 is 21.7 Å². The highest BCUT2D eigenvalue weighted by Gasteiger charge is 2.34. The summed E-state index contributed by atoms with van der Waals surface area (Å²) in [7, 11) is -3.60. The van der Waals surface area contributed by atoms with Crippen molar-refractivity contribution in [2.45, 2.75) is 11.3 Å². The summed E-state index contributed by atoms with van der Waals surface area (Å²) in [5.41, 5.74) is -0.828. The fourth-order valence-electron chi connectivity index (χ4n) is 1.97. The summed E-state index contributed by atoms with van der Waals surface area (Å²) >= 11 is 0. The lowest BCUT2D eigenvalue weighted by Gasteiger charge is -2.15. The molecule has 0 aliphatic heterocycles. The van der Waals surface area contributed by atoms with Gasteiger partial charge < -0.3 is 9.47 Å². The summed E-state index contributed by atoms with van der Waals surface area (Å²) < 4.78 is 85.7. The summed E-state index contributed by atoms with van der Waals surface area (Å²) in [4.78, 5) is 10.8. The van der Waals surface area contributed by atoms with Gasteiger partial charge in [-0.3, -0.25) is 4.72 Å². The Labute approximate surface area is 145 Å². The van der Waals surface area contributed by atoms with Crippen molar-refractivity contribution in [3.05, 3.63) is 53.8 Å². The SMILES string of the molecule is COC(=O)c1cc(F)ccc1NS(=O)(=O)c1ccccc1OC(F)(F)F. The zero-order valence-electron chi connectivity index (χ0n) is 13.0. The largest absolute Gasteiger partial charge is 0.573 e. The molecule has 0 aromatic heterocycles. The van der Waals surface area contributed by atoms with Crippen LogP contribution in [0.5, 0.6) is 5.75 Å². The lowest BCUT2D eigenvalue weighted by atomic mass is 10.2. The number of hydrogen-bond donors (Lipinski definition) is 1. The highest BCUT2D eigenvalue weighted by atomic mass is 32.2. The number of alkyl halides is 3. The molecule has 11 heteroatoms. The Morgan fingerprint density at radius 2 is 1.77 bits per heavy atom. The van der Waals surface area contributed by atoms with E-state index >= 15 is 0 Å². The molecule has 26 heavy (non-hydrogen) atoms. The van der Waals surface area contributed by atoms with Gasteiger partial charge in [0.25, 0.3) is 10.0 Å². The maximum absolute atomic E-state index is 13.3. The molecule has 0 amide bonds. The molecule has 0 fully saturated rings. The van der Waals surface area contributed by atoms with E-state index in [0.29, 0.717) is 0 Å². The predicted molar refractivity (Wildman–Crippen MR) is 81.7 cm³/mol. The monoisotopic (exact) mass is 393 g/mol. The molecule has 0 heterocycles. The Hall–Kier alpha value is -2.82. The summed E-state index contributed by atoms with van der Waals surface area (Å²) in [6.45, 7) is 0. The van der Waals surface area contributed by atoms with Crippen LogP contribution in [0.1, 0.15) is 10.4 Å². The van der Waals surface area contributed by atoms with Gasteiger partial charge in [0.15, 0.2) is 0 Å². The number of anilines is 1. The molecular weight excluding hydrogens is 382 g/mol. The second-order valence-electron chi connectivity index (χ2n) is 4.78. The van der Waals surface area contributed by atoms with Gasteiger partial charge in [0.05, 0.1) is 18.4 Å². The average Bonchev–Trinajstić information content (AvgIpc) is 2.54. The Kier molecular flexibility index (Phi) is 5.40. The van der Waals surface area contributed by atoms with Crippen molar-refractivity contribution in [1.82, 2.24) is 0 Å². The zero-order valence-corrected chi connectivity index (χ0v) is 13.8. The number of esters is 1. The van der Waals surface area contributed by atoms with E-state index in [1.54, 1.807) is 0 Å². The number of hydrogen-bond acceptors (Lipinski definition) is 5. The fourth-order valence-corrected chi connectivity index (χ4v) is 3.17. The van der Waals surface area contributed by atoms with Gasteiger partial charge in [0.2, 0.25) is 0 Å². The van der Waals surface area contributed by atoms with E-state index in [-0.39, 0.29) is 5.69 Å². The van der Waals surface area contributed by atoms with Crippen molar-refractivity contribution < 1.29 is 40.2 Å². The van der Waals surface area contributed by atoms with Crippen molar-refractivity contribution in [2.24, 2.45) is 0 Å². The quantitative estimate of drug-likeness (QED) is 0.623. The van der Waals surface area contributed by atoms with E-state index in [1.807, 2.05) is 4.72 Å². The highest BCUT2D eigenvalue weighted by molar-refractivity contribution is 7.92. The van der Waals surface area contributed by atoms with Gasteiger partial charge >= 0.3 is 12.3 Å². The second-order valence-corrected chi connectivity index (χ2v) is 6.43. The minimum absolute atomic E-state index is 0.375. The topological polar surface area (TPSA) is 81.7 Å². The first-order chi connectivity index (χ1) is 12.0. The molecule has 6 nitrogen and oxygen atoms in total. The molecule has 0 aliphatic rings. The molecule has 0 aliphatic carbocycles. The van der Waals surface area contributed by atoms with Crippen LogP contribution in [0, 0.1) is 5.82 Å². The molecule has 2 aromatic rings. The van der Waals surface area contributed by atoms with Gasteiger partial charge in [-0.25, -0.2) is 17.6 Å². The number of benzene rings is 2. The van der Waals surface area contributed by atoms with Gasteiger partial charge in [-0.2, -0.15) is 0 Å². The number of nitrogens with one attached hydrogen (secondary N) is 1. The molecule has 0 saturated carbocycles. The third kappa shape index (κ3) is 4.63. The predicted octanol–water partition coefficient (Wildman–Crippen LogP) is 3.31. The number of methoxy groups -OCH3 is 1. The number of carbonyl (C=O) groups is 1. The maximum atomic E-state index is 13.3. The molecule has 0 atom stereocenters. The minimum atomic E-state index is -5.11. The minimum Gasteiger partial charge on any atom is -0.465 e. The summed E-state index contributed by atoms with van der Waals surface area (Å²) in [5.74, 6) is -2.84. The van der Waals surface area contributed by atoms with Crippen LogP contribution in [-0.4, -0.2) is 27.9 Å². The van der Waals surface area contributed by atoms with Crippen molar-refractivity contribution in [3.8, 4) is 5.75 Å². The molecule has 2 rings (SSSR count). The van der Waals surface area contributed by atoms with Crippen LogP contribution in [0.15, 0.2) is 47.4 Å². The molecule has 0 unspecified atom stereocenters. The van der Waals surface area contributed by atoms with Gasteiger partial charge in [-0.15, -0.1) is 13.2 Å². The van der Waals surface area contributed by atoms with E-state index < -0.39 is 44.4 Å². The number of rotatable bonds is 5. The Morgan fingerprint density at radius 3 is 2.38 bits per heavy atom. The van der Waals surface area contributed by atoms with Crippen LogP contribution < -0.4 is 9.46 Å². The summed E-state index contributed by atoms with van der Waals surface area (Å²) in [6, 6.07) is 6.55. The molecular formula is C15H11F4NO5S. The summed E-state index contributed by atoms with van der Waals surface area (Å²) in [5, 5.41) is 0. The molecule has 1 N–H and O–H groups in total. The standard InChI is InChI=1S/C15H11F4NO5S/c1-24-14(21)10-8-9(16)6-7-11(10)20-26(22,23)13-5-3-2-4-12(13)25-15(17,18)19/h2-8,20H,1H3. The first-order valence-corrected chi connectivity index (χ1v) is 8.27. The first kappa shape index (κ1) is 19.5. The van der Waals surface area contributed by atoms with Crippen molar-refractivity contribution in [2.75, 3.05) is 11.8 Å². The fraction of sp³-hybridized carbons (Fsp3) is 0.133. The highest BCUT2D eigenvalue weighted by Crippen LogP contribution is 2.31. The zero-order chi connectivity index (χ0) is 19.5. The maximum Gasteiger partial charge on any atom is 0.573 e. The van der Waals surface area contributed by atoms with Crippen LogP contribution in [0.3, 0.4) is 0 Å². The van der Waals surface area contributed by atoms with Crippen LogP contribution in [0.2, 0.25) is 0 Å². The van der Waals surface area contributed by atoms with E-state index in [0.717, 1.165) is 43.5 Å². The lowest BCUT2D eigenvalue weighted by molar-refractivity contribution is -0.275. The van der Waals surface area contributed by atoms with Crippen LogP contribution >= 0.6 is 0 Å². The average molecular weight is 393 g/mol. The third-order valence-corrected chi connectivity index (χ3v) is 4.40. The first-order valence-electron chi connectivity index (χ1n) is 6.79. The van der Waals surface area contributed by atoms with E-state index in [1.165, 1.54) is 6.07 Å². The lowest BCUT2D eigenvalue weighted by Crippen LogP contribution is -2.21.